The summed E-state index contributed by atoms with van der Waals surface area (Å²) in [6.07, 6.45) is 3.52. The van der Waals surface area contributed by atoms with E-state index in [1.54, 1.807) is 11.0 Å². The minimum absolute atomic E-state index is 0.00660. The summed E-state index contributed by atoms with van der Waals surface area (Å²) in [5, 5.41) is 0. The Morgan fingerprint density at radius 2 is 2.23 bits per heavy atom. The lowest BCUT2D eigenvalue weighted by atomic mass is 9.91. The van der Waals surface area contributed by atoms with Gasteiger partial charge in [0.15, 0.2) is 0 Å². The zero-order valence-corrected chi connectivity index (χ0v) is 13.8. The number of benzene rings is 1. The van der Waals surface area contributed by atoms with E-state index in [-0.39, 0.29) is 23.9 Å². The van der Waals surface area contributed by atoms with E-state index in [0.717, 1.165) is 36.8 Å². The molecule has 1 heterocycles. The minimum atomic E-state index is -0.241. The Hall–Kier alpha value is -1.58. The second kappa shape index (κ2) is 7.61. The topological polar surface area (TPSA) is 29.5 Å². The highest BCUT2D eigenvalue weighted by molar-refractivity contribution is 5.69. The van der Waals surface area contributed by atoms with Crippen LogP contribution in [0.3, 0.4) is 0 Å². The second-order valence-electron chi connectivity index (χ2n) is 6.25. The molecule has 1 aromatic rings. The molecule has 1 amide bonds. The molecular weight excluding hydrogens is 281 g/mol. The first kappa shape index (κ1) is 16.8. The molecule has 0 unspecified atom stereocenters. The number of carbonyl (C=O) groups excluding carboxylic acids is 1. The van der Waals surface area contributed by atoms with Crippen molar-refractivity contribution in [2.24, 2.45) is 0 Å². The molecule has 0 aliphatic carbocycles. The highest BCUT2D eigenvalue weighted by atomic mass is 19.1. The number of carbonyl (C=O) groups is 1. The van der Waals surface area contributed by atoms with E-state index in [9.17, 15) is 9.18 Å². The van der Waals surface area contributed by atoms with Crippen molar-refractivity contribution >= 4 is 6.09 Å². The van der Waals surface area contributed by atoms with Gasteiger partial charge in [-0.25, -0.2) is 9.18 Å². The molecule has 1 fully saturated rings. The number of hydrogen-bond donors (Lipinski definition) is 0. The fourth-order valence-electron chi connectivity index (χ4n) is 3.04. The van der Waals surface area contributed by atoms with Crippen LogP contribution < -0.4 is 0 Å². The van der Waals surface area contributed by atoms with Gasteiger partial charge >= 0.3 is 6.09 Å². The maximum Gasteiger partial charge on any atom is 0.410 e. The van der Waals surface area contributed by atoms with Gasteiger partial charge in [0.1, 0.15) is 5.82 Å². The summed E-state index contributed by atoms with van der Waals surface area (Å²) in [6.45, 7) is 7.36. The number of likely N-dealkylation sites (tertiary alicyclic amines) is 1. The van der Waals surface area contributed by atoms with E-state index in [2.05, 4.69) is 20.8 Å². The molecular formula is C18H26FNO2. The van der Waals surface area contributed by atoms with Gasteiger partial charge in [0.2, 0.25) is 0 Å². The summed E-state index contributed by atoms with van der Waals surface area (Å²) < 4.78 is 18.9. The van der Waals surface area contributed by atoms with Gasteiger partial charge in [0.05, 0.1) is 12.6 Å². The standard InChI is InChI=1S/C18H26FNO2/c1-4-5-11-22-18(21)20-10-6-7-17(20)15-9-8-14(19)12-16(15)13(2)3/h8-9,12-13,17H,4-7,10-11H2,1-3H3/t17-/m0/s1. The summed E-state index contributed by atoms with van der Waals surface area (Å²) in [7, 11) is 0. The Balaban J connectivity index is 2.18. The van der Waals surface area contributed by atoms with Gasteiger partial charge in [-0.15, -0.1) is 0 Å². The van der Waals surface area contributed by atoms with Gasteiger partial charge in [0.25, 0.3) is 0 Å². The van der Waals surface area contributed by atoms with Crippen molar-refractivity contribution in [2.45, 2.75) is 58.4 Å². The molecule has 1 saturated heterocycles. The van der Waals surface area contributed by atoms with Gasteiger partial charge in [-0.2, -0.15) is 0 Å². The third kappa shape index (κ3) is 3.79. The van der Waals surface area contributed by atoms with Crippen LogP contribution >= 0.6 is 0 Å². The molecule has 0 radical (unpaired) electrons. The molecule has 1 aliphatic rings. The summed E-state index contributed by atoms with van der Waals surface area (Å²) >= 11 is 0. The van der Waals surface area contributed by atoms with Crippen molar-refractivity contribution in [3.8, 4) is 0 Å². The molecule has 1 aromatic carbocycles. The van der Waals surface area contributed by atoms with E-state index >= 15 is 0 Å². The molecule has 0 spiro atoms. The Bertz CT molecular complexity index is 516. The highest BCUT2D eigenvalue weighted by Crippen LogP contribution is 2.36. The number of ether oxygens (including phenoxy) is 1. The predicted molar refractivity (Wildman–Crippen MR) is 85.4 cm³/mol. The normalized spacial score (nSPS) is 18.0. The molecule has 0 aromatic heterocycles. The third-order valence-electron chi connectivity index (χ3n) is 4.24. The van der Waals surface area contributed by atoms with Crippen LogP contribution in [0.1, 0.15) is 69.5 Å². The average Bonchev–Trinajstić information content (AvgIpc) is 2.96. The minimum Gasteiger partial charge on any atom is -0.449 e. The number of hydrogen-bond acceptors (Lipinski definition) is 2. The summed E-state index contributed by atoms with van der Waals surface area (Å²) in [4.78, 5) is 14.1. The number of nitrogens with zero attached hydrogens (tertiary/aromatic N) is 1. The average molecular weight is 307 g/mol. The van der Waals surface area contributed by atoms with Crippen molar-refractivity contribution < 1.29 is 13.9 Å². The van der Waals surface area contributed by atoms with Crippen molar-refractivity contribution in [1.82, 2.24) is 4.90 Å². The van der Waals surface area contributed by atoms with Gasteiger partial charge in [-0.05, 0) is 48.4 Å². The smallest absolute Gasteiger partial charge is 0.410 e. The van der Waals surface area contributed by atoms with E-state index in [0.29, 0.717) is 13.2 Å². The fourth-order valence-corrected chi connectivity index (χ4v) is 3.04. The zero-order valence-electron chi connectivity index (χ0n) is 13.8. The Morgan fingerprint density at radius 1 is 1.45 bits per heavy atom. The molecule has 22 heavy (non-hydrogen) atoms. The van der Waals surface area contributed by atoms with Crippen LogP contribution in [0.4, 0.5) is 9.18 Å². The number of rotatable bonds is 5. The maximum atomic E-state index is 13.6. The maximum absolute atomic E-state index is 13.6. The van der Waals surface area contributed by atoms with Crippen molar-refractivity contribution in [1.29, 1.82) is 0 Å². The number of amides is 1. The molecule has 0 bridgehead atoms. The number of halogens is 1. The Labute approximate surface area is 132 Å². The van der Waals surface area contributed by atoms with Crippen molar-refractivity contribution in [3.05, 3.63) is 35.1 Å². The van der Waals surface area contributed by atoms with Crippen molar-refractivity contribution in [2.75, 3.05) is 13.2 Å². The molecule has 0 saturated carbocycles. The molecule has 3 nitrogen and oxygen atoms in total. The summed E-state index contributed by atoms with van der Waals surface area (Å²) in [6, 6.07) is 4.92. The second-order valence-corrected chi connectivity index (χ2v) is 6.25. The quantitative estimate of drug-likeness (QED) is 0.715. The Morgan fingerprint density at radius 3 is 2.91 bits per heavy atom. The first-order valence-corrected chi connectivity index (χ1v) is 8.27. The number of unbranched alkanes of at least 4 members (excludes halogenated alkanes) is 1. The molecule has 122 valence electrons. The van der Waals surface area contributed by atoms with Gasteiger partial charge in [-0.1, -0.05) is 33.3 Å². The van der Waals surface area contributed by atoms with Gasteiger partial charge < -0.3 is 9.64 Å². The lowest BCUT2D eigenvalue weighted by Gasteiger charge is -2.27. The first-order valence-electron chi connectivity index (χ1n) is 8.27. The van der Waals surface area contributed by atoms with E-state index in [1.807, 2.05) is 6.07 Å². The SMILES string of the molecule is CCCCOC(=O)N1CCC[C@H]1c1ccc(F)cc1C(C)C. The van der Waals surface area contributed by atoms with Crippen LogP contribution in [0.25, 0.3) is 0 Å². The van der Waals surface area contributed by atoms with Gasteiger partial charge in [-0.3, -0.25) is 0 Å². The van der Waals surface area contributed by atoms with Crippen LogP contribution in [0, 0.1) is 5.82 Å². The van der Waals surface area contributed by atoms with E-state index < -0.39 is 0 Å². The van der Waals surface area contributed by atoms with Crippen molar-refractivity contribution in [3.63, 3.8) is 0 Å². The van der Waals surface area contributed by atoms with Crippen LogP contribution in [-0.2, 0) is 4.74 Å². The third-order valence-corrected chi connectivity index (χ3v) is 4.24. The van der Waals surface area contributed by atoms with E-state index in [4.69, 9.17) is 4.74 Å². The van der Waals surface area contributed by atoms with E-state index in [1.165, 1.54) is 6.07 Å². The van der Waals surface area contributed by atoms with Crippen LogP contribution in [0.2, 0.25) is 0 Å². The highest BCUT2D eigenvalue weighted by Gasteiger charge is 2.32. The first-order chi connectivity index (χ1) is 10.5. The largest absolute Gasteiger partial charge is 0.449 e. The summed E-state index contributed by atoms with van der Waals surface area (Å²) in [5.74, 6) is 0.00628. The summed E-state index contributed by atoms with van der Waals surface area (Å²) in [5.41, 5.74) is 2.04. The lowest BCUT2D eigenvalue weighted by Crippen LogP contribution is -2.32. The fraction of sp³-hybridized carbons (Fsp3) is 0.611. The molecule has 0 N–H and O–H groups in total. The van der Waals surface area contributed by atoms with Crippen LogP contribution in [0.5, 0.6) is 0 Å². The zero-order chi connectivity index (χ0) is 16.1. The van der Waals surface area contributed by atoms with Crippen LogP contribution in [0.15, 0.2) is 18.2 Å². The molecule has 4 heteroatoms. The molecule has 1 atom stereocenters. The lowest BCUT2D eigenvalue weighted by molar-refractivity contribution is 0.0967. The predicted octanol–water partition coefficient (Wildman–Crippen LogP) is 5.02. The molecule has 1 aliphatic heterocycles. The Kier molecular flexibility index (Phi) is 5.81. The monoisotopic (exact) mass is 307 g/mol. The van der Waals surface area contributed by atoms with Gasteiger partial charge in [0, 0.05) is 6.54 Å². The molecule has 2 rings (SSSR count). The van der Waals surface area contributed by atoms with Crippen LogP contribution in [-0.4, -0.2) is 24.1 Å².